The number of carbonyl (C=O) groups is 2. The van der Waals surface area contributed by atoms with Crippen molar-refractivity contribution < 1.29 is 9.59 Å². The van der Waals surface area contributed by atoms with Crippen LogP contribution in [-0.4, -0.2) is 45.5 Å². The number of hydrogen-bond donors (Lipinski definition) is 4. The summed E-state index contributed by atoms with van der Waals surface area (Å²) in [5, 5.41) is 17.7. The quantitative estimate of drug-likeness (QED) is 0.418. The van der Waals surface area contributed by atoms with Crippen LogP contribution in [0.5, 0.6) is 0 Å². The highest BCUT2D eigenvalue weighted by molar-refractivity contribution is 6.35. The van der Waals surface area contributed by atoms with E-state index in [1.165, 1.54) is 0 Å². The molecule has 1 rings (SSSR count). The molecule has 0 aliphatic heterocycles. The van der Waals surface area contributed by atoms with Crippen LogP contribution in [0.15, 0.2) is 0 Å². The van der Waals surface area contributed by atoms with Crippen LogP contribution in [0.3, 0.4) is 0 Å². The molecule has 16 heavy (non-hydrogen) atoms. The average molecular weight is 227 g/mol. The molecule has 0 spiro atoms. The smallest absolute Gasteiger partial charge is 0.309 e. The van der Waals surface area contributed by atoms with Crippen LogP contribution in [0.2, 0.25) is 0 Å². The second-order valence-corrected chi connectivity index (χ2v) is 3.01. The number of tetrazole rings is 1. The van der Waals surface area contributed by atoms with Gasteiger partial charge < -0.3 is 16.4 Å². The first-order valence-electron chi connectivity index (χ1n) is 4.67. The van der Waals surface area contributed by atoms with Crippen molar-refractivity contribution in [1.82, 2.24) is 31.3 Å². The molecule has 9 heteroatoms. The molecule has 9 nitrogen and oxygen atoms in total. The molecule has 1 aromatic rings. The van der Waals surface area contributed by atoms with E-state index in [-0.39, 0.29) is 13.1 Å². The first-order valence-corrected chi connectivity index (χ1v) is 4.67. The highest BCUT2D eigenvalue weighted by Gasteiger charge is 2.18. The molecule has 1 unspecified atom stereocenters. The minimum atomic E-state index is -0.759. The molecule has 0 aromatic carbocycles. The largest absolute Gasteiger partial charge is 0.347 e. The molecule has 2 amide bonds. The van der Waals surface area contributed by atoms with Gasteiger partial charge in [-0.25, -0.2) is 0 Å². The summed E-state index contributed by atoms with van der Waals surface area (Å²) in [5.41, 5.74) is 5.18. The van der Waals surface area contributed by atoms with E-state index in [1.807, 2.05) is 0 Å². The van der Waals surface area contributed by atoms with E-state index >= 15 is 0 Å². The van der Waals surface area contributed by atoms with Crippen molar-refractivity contribution >= 4 is 11.8 Å². The van der Waals surface area contributed by atoms with Gasteiger partial charge in [0.05, 0.1) is 6.04 Å². The Morgan fingerprint density at radius 1 is 1.50 bits per heavy atom. The summed E-state index contributed by atoms with van der Waals surface area (Å²) < 4.78 is 0. The van der Waals surface area contributed by atoms with E-state index in [1.54, 1.807) is 6.92 Å². The number of nitrogens with zero attached hydrogens (tertiary/aromatic N) is 3. The van der Waals surface area contributed by atoms with Crippen LogP contribution in [-0.2, 0) is 9.59 Å². The maximum atomic E-state index is 11.3. The number of nitrogens with two attached hydrogens (primary N) is 1. The Balaban J connectivity index is 2.42. The summed E-state index contributed by atoms with van der Waals surface area (Å²) in [5.74, 6) is -1.19. The third-order valence-corrected chi connectivity index (χ3v) is 1.73. The topological polar surface area (TPSA) is 139 Å². The lowest BCUT2D eigenvalue weighted by atomic mass is 10.3. The average Bonchev–Trinajstić information content (AvgIpc) is 2.79. The van der Waals surface area contributed by atoms with Gasteiger partial charge in [0.2, 0.25) is 0 Å². The Hall–Kier alpha value is -2.03. The van der Waals surface area contributed by atoms with Crippen LogP contribution >= 0.6 is 0 Å². The monoisotopic (exact) mass is 227 g/mol. The number of carbonyl (C=O) groups excluding carboxylic acids is 2. The van der Waals surface area contributed by atoms with Crippen molar-refractivity contribution in [2.75, 3.05) is 13.1 Å². The third kappa shape index (κ3) is 3.28. The predicted octanol–water partition coefficient (Wildman–Crippen LogP) is -2.55. The minimum Gasteiger partial charge on any atom is -0.347 e. The third-order valence-electron chi connectivity index (χ3n) is 1.73. The summed E-state index contributed by atoms with van der Waals surface area (Å²) in [4.78, 5) is 22.5. The second kappa shape index (κ2) is 5.75. The predicted molar refractivity (Wildman–Crippen MR) is 52.8 cm³/mol. The Labute approximate surface area is 91.2 Å². The van der Waals surface area contributed by atoms with Crippen LogP contribution in [0.4, 0.5) is 0 Å². The van der Waals surface area contributed by atoms with Gasteiger partial charge in [-0.3, -0.25) is 9.59 Å². The van der Waals surface area contributed by atoms with Gasteiger partial charge in [-0.05, 0) is 6.92 Å². The molecule has 0 saturated heterocycles. The molecule has 0 saturated carbocycles. The van der Waals surface area contributed by atoms with Gasteiger partial charge in [0.1, 0.15) is 0 Å². The summed E-state index contributed by atoms with van der Waals surface area (Å²) in [6.45, 7) is 2.17. The van der Waals surface area contributed by atoms with Crippen LogP contribution in [0, 0.1) is 0 Å². The summed E-state index contributed by atoms with van der Waals surface area (Å²) >= 11 is 0. The maximum Gasteiger partial charge on any atom is 0.309 e. The van der Waals surface area contributed by atoms with E-state index in [2.05, 4.69) is 31.3 Å². The Bertz CT molecular complexity index is 350. The lowest BCUT2D eigenvalue weighted by Crippen LogP contribution is -2.42. The zero-order valence-electron chi connectivity index (χ0n) is 8.73. The van der Waals surface area contributed by atoms with Gasteiger partial charge in [0, 0.05) is 13.1 Å². The molecule has 5 N–H and O–H groups in total. The minimum absolute atomic E-state index is 0.253. The fourth-order valence-electron chi connectivity index (χ4n) is 0.946. The number of aromatic nitrogens is 4. The van der Waals surface area contributed by atoms with Crippen molar-refractivity contribution in [3.8, 4) is 0 Å². The zero-order chi connectivity index (χ0) is 12.0. The van der Waals surface area contributed by atoms with E-state index in [9.17, 15) is 9.59 Å². The SMILES string of the molecule is CC(NC(=O)C(=O)NCCN)c1nn[nH]n1. The van der Waals surface area contributed by atoms with Crippen molar-refractivity contribution in [1.29, 1.82) is 0 Å². The molecule has 0 aliphatic rings. The summed E-state index contributed by atoms with van der Waals surface area (Å²) in [7, 11) is 0. The molecular formula is C7H13N7O2. The van der Waals surface area contributed by atoms with Gasteiger partial charge >= 0.3 is 11.8 Å². The van der Waals surface area contributed by atoms with Gasteiger partial charge in [-0.2, -0.15) is 5.21 Å². The molecule has 1 heterocycles. The fraction of sp³-hybridized carbons (Fsp3) is 0.571. The second-order valence-electron chi connectivity index (χ2n) is 3.01. The number of H-pyrrole nitrogens is 1. The number of hydrogen-bond acceptors (Lipinski definition) is 6. The van der Waals surface area contributed by atoms with Crippen molar-refractivity contribution in [3.63, 3.8) is 0 Å². The van der Waals surface area contributed by atoms with E-state index in [0.29, 0.717) is 5.82 Å². The molecule has 0 fully saturated rings. The van der Waals surface area contributed by atoms with Gasteiger partial charge in [0.25, 0.3) is 0 Å². The first-order chi connectivity index (χ1) is 7.65. The number of amides is 2. The molecule has 0 bridgehead atoms. The molecule has 1 aromatic heterocycles. The number of rotatable bonds is 4. The van der Waals surface area contributed by atoms with Crippen LogP contribution in [0.1, 0.15) is 18.8 Å². The molecule has 88 valence electrons. The Morgan fingerprint density at radius 2 is 2.25 bits per heavy atom. The number of nitrogens with one attached hydrogen (secondary N) is 3. The van der Waals surface area contributed by atoms with E-state index in [4.69, 9.17) is 5.73 Å². The fourth-order valence-corrected chi connectivity index (χ4v) is 0.946. The highest BCUT2D eigenvalue weighted by atomic mass is 16.2. The Kier molecular flexibility index (Phi) is 4.33. The van der Waals surface area contributed by atoms with Gasteiger partial charge in [0.15, 0.2) is 5.82 Å². The van der Waals surface area contributed by atoms with Crippen LogP contribution < -0.4 is 16.4 Å². The van der Waals surface area contributed by atoms with Crippen LogP contribution in [0.25, 0.3) is 0 Å². The number of aromatic amines is 1. The standard InChI is InChI=1S/C7H13N7O2/c1-4(5-11-13-14-12-5)10-7(16)6(15)9-3-2-8/h4H,2-3,8H2,1H3,(H,9,15)(H,10,16)(H,11,12,13,14). The van der Waals surface area contributed by atoms with Crippen molar-refractivity contribution in [2.24, 2.45) is 5.73 Å². The van der Waals surface area contributed by atoms with E-state index < -0.39 is 17.9 Å². The molecule has 0 aliphatic carbocycles. The van der Waals surface area contributed by atoms with Crippen molar-refractivity contribution in [3.05, 3.63) is 5.82 Å². The maximum absolute atomic E-state index is 11.3. The lowest BCUT2D eigenvalue weighted by Gasteiger charge is -2.09. The van der Waals surface area contributed by atoms with Crippen molar-refractivity contribution in [2.45, 2.75) is 13.0 Å². The molecule has 0 radical (unpaired) electrons. The summed E-state index contributed by atoms with van der Waals surface area (Å²) in [6, 6.07) is -0.491. The summed E-state index contributed by atoms with van der Waals surface area (Å²) in [6.07, 6.45) is 0. The van der Waals surface area contributed by atoms with Gasteiger partial charge in [-0.1, -0.05) is 5.21 Å². The first kappa shape index (κ1) is 12.0. The zero-order valence-corrected chi connectivity index (χ0v) is 8.73. The highest BCUT2D eigenvalue weighted by Crippen LogP contribution is 2.01. The van der Waals surface area contributed by atoms with Gasteiger partial charge in [-0.15, -0.1) is 10.2 Å². The lowest BCUT2D eigenvalue weighted by molar-refractivity contribution is -0.139. The molecule has 1 atom stereocenters. The van der Waals surface area contributed by atoms with E-state index in [0.717, 1.165) is 0 Å². The molecular weight excluding hydrogens is 214 g/mol. The Morgan fingerprint density at radius 3 is 2.81 bits per heavy atom. The normalized spacial score (nSPS) is 11.9.